The zero-order chi connectivity index (χ0) is 16.5. The van der Waals surface area contributed by atoms with Crippen LogP contribution in [0.15, 0.2) is 28.9 Å². The summed E-state index contributed by atoms with van der Waals surface area (Å²) in [6, 6.07) is 2.28. The van der Waals surface area contributed by atoms with Crippen LogP contribution >= 0.6 is 0 Å². The third-order valence-corrected chi connectivity index (χ3v) is 3.02. The number of hydrogen-bond acceptors (Lipinski definition) is 4. The molecule has 2 heterocycles. The van der Waals surface area contributed by atoms with Gasteiger partial charge in [0.05, 0.1) is 18.3 Å². The summed E-state index contributed by atoms with van der Waals surface area (Å²) in [5.41, 5.74) is -3.17. The minimum absolute atomic E-state index is 0.199. The minimum Gasteiger partial charge on any atom is -0.463 e. The van der Waals surface area contributed by atoms with Gasteiger partial charge in [-0.25, -0.2) is 0 Å². The van der Waals surface area contributed by atoms with Crippen LogP contribution in [0, 0.1) is 6.92 Å². The first-order valence-electron chi connectivity index (χ1n) is 6.26. The van der Waals surface area contributed by atoms with E-state index in [2.05, 4.69) is 10.4 Å². The van der Waals surface area contributed by atoms with Crippen LogP contribution in [-0.2, 0) is 17.4 Å². The molecular weight excluding hydrogens is 303 g/mol. The molecule has 2 aromatic heterocycles. The number of hydrogen-bond donors (Lipinski definition) is 2. The maximum absolute atomic E-state index is 13.2. The van der Waals surface area contributed by atoms with Crippen molar-refractivity contribution in [2.75, 3.05) is 5.32 Å². The monoisotopic (exact) mass is 317 g/mol. The molecule has 0 aliphatic rings. The Balaban J connectivity index is 2.22. The number of carbonyl (C=O) groups is 1. The maximum Gasteiger partial charge on any atom is 0.425 e. The molecule has 2 rings (SSSR count). The van der Waals surface area contributed by atoms with Crippen LogP contribution < -0.4 is 5.32 Å². The average Bonchev–Trinajstić information content (AvgIpc) is 2.97. The van der Waals surface area contributed by atoms with E-state index in [4.69, 9.17) is 4.42 Å². The van der Waals surface area contributed by atoms with Gasteiger partial charge in [-0.3, -0.25) is 9.48 Å². The first kappa shape index (κ1) is 16.1. The second kappa shape index (κ2) is 5.48. The highest BCUT2D eigenvalue weighted by Crippen LogP contribution is 2.42. The smallest absolute Gasteiger partial charge is 0.425 e. The summed E-state index contributed by atoms with van der Waals surface area (Å²) in [6.07, 6.45) is -3.59. The zero-order valence-electron chi connectivity index (χ0n) is 11.8. The Kier molecular flexibility index (Phi) is 4.01. The van der Waals surface area contributed by atoms with Crippen LogP contribution in [0.5, 0.6) is 0 Å². The molecule has 120 valence electrons. The van der Waals surface area contributed by atoms with E-state index in [0.717, 1.165) is 6.07 Å². The van der Waals surface area contributed by atoms with Crippen LogP contribution in [0.4, 0.5) is 18.9 Å². The second-order valence-electron chi connectivity index (χ2n) is 4.90. The lowest BCUT2D eigenvalue weighted by molar-refractivity contribution is -0.272. The van der Waals surface area contributed by atoms with Gasteiger partial charge in [-0.2, -0.15) is 18.3 Å². The van der Waals surface area contributed by atoms with Crippen molar-refractivity contribution in [2.45, 2.75) is 25.1 Å². The number of furan rings is 1. The molecule has 0 saturated heterocycles. The summed E-state index contributed by atoms with van der Waals surface area (Å²) < 4.78 is 45.8. The minimum atomic E-state index is -5.07. The van der Waals surface area contributed by atoms with Crippen molar-refractivity contribution in [2.24, 2.45) is 7.05 Å². The van der Waals surface area contributed by atoms with Crippen molar-refractivity contribution in [3.05, 3.63) is 36.0 Å². The van der Waals surface area contributed by atoms with Gasteiger partial charge in [0.15, 0.2) is 0 Å². The SMILES string of the molecule is Cc1ccc(C(O)(CC(=O)Nc2cnn(C)c2)C(F)(F)F)o1. The molecule has 0 fully saturated rings. The van der Waals surface area contributed by atoms with E-state index < -0.39 is 29.9 Å². The zero-order valence-corrected chi connectivity index (χ0v) is 11.8. The number of halogens is 3. The predicted octanol–water partition coefficient (Wildman–Crippen LogP) is 2.10. The summed E-state index contributed by atoms with van der Waals surface area (Å²) in [5, 5.41) is 16.0. The van der Waals surface area contributed by atoms with Gasteiger partial charge in [0.1, 0.15) is 11.5 Å². The number of aryl methyl sites for hydroxylation is 2. The summed E-state index contributed by atoms with van der Waals surface area (Å²) in [5.74, 6) is -1.54. The molecule has 2 N–H and O–H groups in total. The number of aliphatic hydroxyl groups is 1. The highest BCUT2D eigenvalue weighted by Gasteiger charge is 2.58. The third-order valence-electron chi connectivity index (χ3n) is 3.02. The normalized spacial score (nSPS) is 14.6. The van der Waals surface area contributed by atoms with Gasteiger partial charge in [0.2, 0.25) is 11.5 Å². The van der Waals surface area contributed by atoms with Crippen LogP contribution in [-0.4, -0.2) is 27.0 Å². The fourth-order valence-corrected chi connectivity index (χ4v) is 1.91. The van der Waals surface area contributed by atoms with Crippen molar-refractivity contribution in [3.63, 3.8) is 0 Å². The summed E-state index contributed by atoms with van der Waals surface area (Å²) in [7, 11) is 1.59. The highest BCUT2D eigenvalue weighted by atomic mass is 19.4. The molecule has 0 radical (unpaired) electrons. The van der Waals surface area contributed by atoms with Crippen LogP contribution in [0.3, 0.4) is 0 Å². The van der Waals surface area contributed by atoms with E-state index in [0.29, 0.717) is 0 Å². The number of amides is 1. The summed E-state index contributed by atoms with van der Waals surface area (Å²) in [6.45, 7) is 1.44. The number of aromatic nitrogens is 2. The van der Waals surface area contributed by atoms with Gasteiger partial charge in [-0.05, 0) is 19.1 Å². The summed E-state index contributed by atoms with van der Waals surface area (Å²) in [4.78, 5) is 11.8. The van der Waals surface area contributed by atoms with E-state index in [1.54, 1.807) is 7.05 Å². The average molecular weight is 317 g/mol. The maximum atomic E-state index is 13.2. The fraction of sp³-hybridized carbons (Fsp3) is 0.385. The largest absolute Gasteiger partial charge is 0.463 e. The van der Waals surface area contributed by atoms with Crippen molar-refractivity contribution < 1.29 is 27.5 Å². The highest BCUT2D eigenvalue weighted by molar-refractivity contribution is 5.91. The molecule has 1 atom stereocenters. The Morgan fingerprint density at radius 3 is 2.59 bits per heavy atom. The number of anilines is 1. The molecule has 0 spiro atoms. The Bertz CT molecular complexity index is 677. The standard InChI is InChI=1S/C13H14F3N3O3/c1-8-3-4-10(22-8)12(21,13(14,15)16)5-11(20)18-9-6-17-19(2)7-9/h3-4,6-7,21H,5H2,1-2H3,(H,18,20). The Labute approximate surface area is 123 Å². The molecule has 2 aromatic rings. The lowest BCUT2D eigenvalue weighted by Gasteiger charge is -2.27. The van der Waals surface area contributed by atoms with Crippen molar-refractivity contribution >= 4 is 11.6 Å². The van der Waals surface area contributed by atoms with E-state index in [1.807, 2.05) is 0 Å². The third kappa shape index (κ3) is 3.14. The van der Waals surface area contributed by atoms with Gasteiger partial charge >= 0.3 is 6.18 Å². The molecule has 0 saturated carbocycles. The van der Waals surface area contributed by atoms with Crippen molar-refractivity contribution in [3.8, 4) is 0 Å². The Morgan fingerprint density at radius 1 is 1.45 bits per heavy atom. The molecule has 1 unspecified atom stereocenters. The fourth-order valence-electron chi connectivity index (χ4n) is 1.91. The second-order valence-corrected chi connectivity index (χ2v) is 4.90. The molecule has 0 aliphatic carbocycles. The van der Waals surface area contributed by atoms with Crippen LogP contribution in [0.25, 0.3) is 0 Å². The van der Waals surface area contributed by atoms with Gasteiger partial charge in [0.25, 0.3) is 0 Å². The number of alkyl halides is 3. The molecule has 0 aromatic carbocycles. The number of rotatable bonds is 4. The van der Waals surface area contributed by atoms with Crippen molar-refractivity contribution in [1.29, 1.82) is 0 Å². The van der Waals surface area contributed by atoms with Crippen molar-refractivity contribution in [1.82, 2.24) is 9.78 Å². The molecule has 9 heteroatoms. The van der Waals surface area contributed by atoms with Crippen LogP contribution in [0.1, 0.15) is 17.9 Å². The van der Waals surface area contributed by atoms with Crippen LogP contribution in [0.2, 0.25) is 0 Å². The summed E-state index contributed by atoms with van der Waals surface area (Å²) >= 11 is 0. The predicted molar refractivity (Wildman–Crippen MR) is 69.9 cm³/mol. The molecule has 0 bridgehead atoms. The molecule has 1 amide bonds. The number of carbonyl (C=O) groups excluding carboxylic acids is 1. The molecule has 6 nitrogen and oxygen atoms in total. The van der Waals surface area contributed by atoms with Gasteiger partial charge in [-0.15, -0.1) is 0 Å². The molecular formula is C13H14F3N3O3. The quantitative estimate of drug-likeness (QED) is 0.905. The Hall–Kier alpha value is -2.29. The lowest BCUT2D eigenvalue weighted by Crippen LogP contribution is -2.44. The van der Waals surface area contributed by atoms with E-state index in [1.165, 1.54) is 30.1 Å². The van der Waals surface area contributed by atoms with E-state index in [-0.39, 0.29) is 11.4 Å². The van der Waals surface area contributed by atoms with Gasteiger partial charge in [0, 0.05) is 13.2 Å². The van der Waals surface area contributed by atoms with E-state index >= 15 is 0 Å². The van der Waals surface area contributed by atoms with Gasteiger partial charge in [-0.1, -0.05) is 0 Å². The molecule has 22 heavy (non-hydrogen) atoms. The number of nitrogens with one attached hydrogen (secondary N) is 1. The van der Waals surface area contributed by atoms with Gasteiger partial charge < -0.3 is 14.8 Å². The lowest BCUT2D eigenvalue weighted by atomic mass is 9.95. The molecule has 0 aliphatic heterocycles. The van der Waals surface area contributed by atoms with E-state index in [9.17, 15) is 23.1 Å². The first-order chi connectivity index (χ1) is 10.1. The topological polar surface area (TPSA) is 80.3 Å². The number of nitrogens with zero attached hydrogens (tertiary/aromatic N) is 2. The Morgan fingerprint density at radius 2 is 2.14 bits per heavy atom. The first-order valence-corrected chi connectivity index (χ1v) is 6.26.